The lowest BCUT2D eigenvalue weighted by Crippen LogP contribution is -2.14. The van der Waals surface area contributed by atoms with Crippen LogP contribution in [0.5, 0.6) is 0 Å². The Kier molecular flexibility index (Phi) is 23.1. The van der Waals surface area contributed by atoms with Gasteiger partial charge >= 0.3 is 17.9 Å². The third-order valence-corrected chi connectivity index (χ3v) is 8.16. The molecule has 0 aliphatic rings. The summed E-state index contributed by atoms with van der Waals surface area (Å²) in [5.74, 6) is -1.25. The first-order chi connectivity index (χ1) is 28.2. The van der Waals surface area contributed by atoms with E-state index in [4.69, 9.17) is 18.9 Å². The minimum atomic E-state index is -0.437. The molecule has 3 aromatic carbocycles. The average molecular weight is 878 g/mol. The first kappa shape index (κ1) is 49.2. The largest absolute Gasteiger partial charge is 0.464 e. The predicted octanol–water partition coefficient (Wildman–Crippen LogP) is 7.49. The van der Waals surface area contributed by atoms with Crippen molar-refractivity contribution in [3.8, 4) is 33.8 Å². The van der Waals surface area contributed by atoms with Crippen LogP contribution >= 0.6 is 15.9 Å². The van der Waals surface area contributed by atoms with Crippen molar-refractivity contribution < 1.29 is 42.8 Å². The Balaban J connectivity index is 0.000000288. The Morgan fingerprint density at radius 2 is 1.07 bits per heavy atom. The number of nitrogens with zero attached hydrogens (tertiary/aromatic N) is 5. The summed E-state index contributed by atoms with van der Waals surface area (Å²) in [5.41, 5.74) is 6.37. The molecule has 0 aliphatic heterocycles. The monoisotopic (exact) mass is 876 g/mol. The number of carbonyl (C=O) groups is 3. The van der Waals surface area contributed by atoms with Crippen molar-refractivity contribution in [3.63, 3.8) is 0 Å². The van der Waals surface area contributed by atoms with E-state index in [-0.39, 0.29) is 7.43 Å². The minimum Gasteiger partial charge on any atom is -0.464 e. The molecule has 6 rings (SSSR count). The molecule has 0 bridgehead atoms. The SMILES string of the molecule is C.COC(=O)c1cc(-c2ccccc2)n[nH]1.COCCBr.COCCn1nc(-c2ccccc2)cc1C(=O)OC.COCCn1nc(C(=O)OC)cc1-c1ccccc1. The van der Waals surface area contributed by atoms with Crippen molar-refractivity contribution >= 4 is 33.8 Å². The van der Waals surface area contributed by atoms with Crippen LogP contribution in [0, 0.1) is 0 Å². The van der Waals surface area contributed by atoms with Crippen LogP contribution in [0.3, 0.4) is 0 Å². The van der Waals surface area contributed by atoms with Crippen molar-refractivity contribution in [2.75, 3.05) is 67.8 Å². The number of aromatic amines is 1. The van der Waals surface area contributed by atoms with Crippen LogP contribution in [0.15, 0.2) is 109 Å². The number of carbonyl (C=O) groups excluding carboxylic acids is 3. The van der Waals surface area contributed by atoms with E-state index in [2.05, 4.69) is 45.8 Å². The number of rotatable bonds is 14. The molecule has 3 aromatic heterocycles. The second-order valence-electron chi connectivity index (χ2n) is 11.7. The molecule has 0 radical (unpaired) electrons. The number of benzene rings is 3. The lowest BCUT2D eigenvalue weighted by Gasteiger charge is -2.06. The van der Waals surface area contributed by atoms with E-state index in [9.17, 15) is 14.4 Å². The van der Waals surface area contributed by atoms with Gasteiger partial charge in [-0.1, -0.05) is 114 Å². The van der Waals surface area contributed by atoms with E-state index in [0.29, 0.717) is 43.4 Å². The van der Waals surface area contributed by atoms with Gasteiger partial charge in [0.15, 0.2) is 5.69 Å². The third-order valence-electron chi connectivity index (χ3n) is 7.84. The fourth-order valence-electron chi connectivity index (χ4n) is 4.96. The van der Waals surface area contributed by atoms with Crippen molar-refractivity contribution in [1.82, 2.24) is 29.8 Å². The van der Waals surface area contributed by atoms with Gasteiger partial charge in [0.1, 0.15) is 11.4 Å². The lowest BCUT2D eigenvalue weighted by atomic mass is 10.1. The van der Waals surface area contributed by atoms with E-state index >= 15 is 0 Å². The fraction of sp³-hybridized carbons (Fsp3) is 0.302. The quantitative estimate of drug-likeness (QED) is 0.0651. The van der Waals surface area contributed by atoms with Crippen LogP contribution in [0.1, 0.15) is 38.9 Å². The first-order valence-corrected chi connectivity index (χ1v) is 19.0. The van der Waals surface area contributed by atoms with Crippen LogP contribution in [-0.2, 0) is 41.5 Å². The molecule has 0 amide bonds. The van der Waals surface area contributed by atoms with Crippen LogP contribution in [0.2, 0.25) is 0 Å². The Morgan fingerprint density at radius 1 is 0.576 bits per heavy atom. The molecule has 59 heavy (non-hydrogen) atoms. The number of esters is 3. The van der Waals surface area contributed by atoms with Crippen LogP contribution in [-0.4, -0.2) is 115 Å². The fourth-order valence-corrected chi connectivity index (χ4v) is 5.29. The molecule has 0 aliphatic carbocycles. The van der Waals surface area contributed by atoms with E-state index in [1.165, 1.54) is 21.3 Å². The van der Waals surface area contributed by atoms with Gasteiger partial charge in [-0.05, 0) is 23.8 Å². The van der Waals surface area contributed by atoms with E-state index < -0.39 is 17.9 Å². The summed E-state index contributed by atoms with van der Waals surface area (Å²) in [6.07, 6.45) is 0. The summed E-state index contributed by atoms with van der Waals surface area (Å²) in [6.45, 7) is 2.91. The van der Waals surface area contributed by atoms with Gasteiger partial charge in [-0.15, -0.1) is 0 Å². The van der Waals surface area contributed by atoms with Gasteiger partial charge < -0.3 is 28.4 Å². The zero-order chi connectivity index (χ0) is 42.1. The number of hydrogen-bond acceptors (Lipinski definition) is 12. The number of hydrogen-bond donors (Lipinski definition) is 1. The molecule has 16 heteroatoms. The number of H-pyrrole nitrogens is 1. The molecule has 0 spiro atoms. The van der Waals surface area contributed by atoms with Gasteiger partial charge in [-0.2, -0.15) is 15.3 Å². The van der Waals surface area contributed by atoms with Gasteiger partial charge in [0, 0.05) is 37.8 Å². The highest BCUT2D eigenvalue weighted by molar-refractivity contribution is 9.09. The summed E-state index contributed by atoms with van der Waals surface area (Å²) in [4.78, 5) is 34.4. The van der Waals surface area contributed by atoms with Crippen molar-refractivity contribution in [1.29, 1.82) is 0 Å². The van der Waals surface area contributed by atoms with Gasteiger partial charge in [0.2, 0.25) is 0 Å². The van der Waals surface area contributed by atoms with Crippen LogP contribution in [0.4, 0.5) is 0 Å². The van der Waals surface area contributed by atoms with E-state index in [1.807, 2.05) is 91.0 Å². The molecule has 0 unspecified atom stereocenters. The van der Waals surface area contributed by atoms with Crippen LogP contribution < -0.4 is 0 Å². The van der Waals surface area contributed by atoms with Gasteiger partial charge in [-0.3, -0.25) is 14.5 Å². The number of halogens is 1. The topological polar surface area (TPSA) is 171 Å². The zero-order valence-electron chi connectivity index (χ0n) is 33.4. The molecule has 1 N–H and O–H groups in total. The zero-order valence-corrected chi connectivity index (χ0v) is 35.0. The van der Waals surface area contributed by atoms with E-state index in [0.717, 1.165) is 45.7 Å². The smallest absolute Gasteiger partial charge is 0.358 e. The van der Waals surface area contributed by atoms with Crippen LogP contribution in [0.25, 0.3) is 33.8 Å². The first-order valence-electron chi connectivity index (χ1n) is 17.9. The molecule has 15 nitrogen and oxygen atoms in total. The molecule has 6 aromatic rings. The molecule has 3 heterocycles. The Morgan fingerprint density at radius 3 is 1.54 bits per heavy atom. The van der Waals surface area contributed by atoms with Gasteiger partial charge in [0.25, 0.3) is 0 Å². The molecule has 0 saturated heterocycles. The summed E-state index contributed by atoms with van der Waals surface area (Å²) in [6, 6.07) is 34.2. The Hall–Kier alpha value is -5.94. The predicted molar refractivity (Wildman–Crippen MR) is 230 cm³/mol. The molecule has 0 saturated carbocycles. The lowest BCUT2D eigenvalue weighted by molar-refractivity contribution is 0.0577. The maximum atomic E-state index is 11.7. The minimum absolute atomic E-state index is 0. The second-order valence-corrected chi connectivity index (χ2v) is 12.5. The number of ether oxygens (including phenoxy) is 6. The van der Waals surface area contributed by atoms with Gasteiger partial charge in [0.05, 0.1) is 71.3 Å². The summed E-state index contributed by atoms with van der Waals surface area (Å²) in [7, 11) is 8.97. The normalized spacial score (nSPS) is 9.95. The Bertz CT molecular complexity index is 2090. The van der Waals surface area contributed by atoms with E-state index in [1.54, 1.807) is 48.9 Å². The van der Waals surface area contributed by atoms with Crippen molar-refractivity contribution in [2.24, 2.45) is 0 Å². The van der Waals surface area contributed by atoms with Crippen molar-refractivity contribution in [3.05, 3.63) is 126 Å². The number of nitrogens with one attached hydrogen (secondary N) is 1. The Labute approximate surface area is 353 Å². The maximum absolute atomic E-state index is 11.7. The number of alkyl halides is 1. The molecule has 0 fully saturated rings. The van der Waals surface area contributed by atoms with Crippen molar-refractivity contribution in [2.45, 2.75) is 20.5 Å². The number of methoxy groups -OCH3 is 6. The summed E-state index contributed by atoms with van der Waals surface area (Å²) >= 11 is 3.18. The second kappa shape index (κ2) is 27.7. The molecule has 316 valence electrons. The standard InChI is InChI=1S/2C14H16N2O3.C11H10N2O2.C3H7BrO.CH4/c1-18-9-8-16-13(11-6-4-3-5-7-11)10-12(15-16)14(17)19-2;1-18-9-8-16-13(14(17)19-2)10-12(15-16)11-6-4-3-5-7-11;1-15-11(14)10-7-9(12-13-10)8-5-3-2-4-6-8;1-5-3-2-4;/h2*3-7,10H,8-9H2,1-2H3;2-7H,1H3,(H,12,13);2-3H2,1H3;1H4. The summed E-state index contributed by atoms with van der Waals surface area (Å²) < 4.78 is 32.1. The summed E-state index contributed by atoms with van der Waals surface area (Å²) in [5, 5.41) is 16.3. The molecule has 0 atom stereocenters. The average Bonchev–Trinajstić information content (AvgIpc) is 4.06. The van der Waals surface area contributed by atoms with Gasteiger partial charge in [-0.25, -0.2) is 14.4 Å². The third kappa shape index (κ3) is 15.7. The number of aromatic nitrogens is 6. The molecular formula is C43H53BrN6O9. The highest BCUT2D eigenvalue weighted by atomic mass is 79.9. The highest BCUT2D eigenvalue weighted by Gasteiger charge is 2.17. The maximum Gasteiger partial charge on any atom is 0.358 e. The molecular weight excluding hydrogens is 824 g/mol. The highest BCUT2D eigenvalue weighted by Crippen LogP contribution is 2.22.